The van der Waals surface area contributed by atoms with Gasteiger partial charge in [0.2, 0.25) is 11.8 Å². The van der Waals surface area contributed by atoms with Crippen LogP contribution in [0.15, 0.2) is 30.3 Å². The number of rotatable bonds is 8. The van der Waals surface area contributed by atoms with Crippen molar-refractivity contribution in [2.24, 2.45) is 5.92 Å². The minimum atomic E-state index is -0.913. The Balaban J connectivity index is 1.18. The number of carbonyl (C=O) groups excluding carboxylic acids is 2. The first-order valence-corrected chi connectivity index (χ1v) is 13.1. The number of likely N-dealkylation sites (tertiary alicyclic amines) is 1. The Hall–Kier alpha value is -3.43. The number of hydrogen-bond acceptors (Lipinski definition) is 4. The van der Waals surface area contributed by atoms with E-state index in [-0.39, 0.29) is 48.2 Å². The predicted octanol–water partition coefficient (Wildman–Crippen LogP) is 5.09. The highest BCUT2D eigenvalue weighted by atomic mass is 19.2. The van der Waals surface area contributed by atoms with Crippen LogP contribution in [-0.4, -0.2) is 39.8 Å². The summed E-state index contributed by atoms with van der Waals surface area (Å²) >= 11 is 0. The first kappa shape index (κ1) is 26.2. The van der Waals surface area contributed by atoms with E-state index in [0.29, 0.717) is 42.5 Å². The van der Waals surface area contributed by atoms with Crippen LogP contribution in [0.3, 0.4) is 0 Å². The van der Waals surface area contributed by atoms with E-state index in [1.807, 2.05) is 4.90 Å². The van der Waals surface area contributed by atoms with Gasteiger partial charge in [-0.3, -0.25) is 19.7 Å². The molecule has 1 aliphatic heterocycles. The SMILES string of the molecule is Cc1cc(CCCC(=O)N[C@@]23CCC[C@@H]2N(C(=O)C2CC2c2ccc(F)c(F)c2)CC3)c([N+](=O)[O-])cc1F. The molecular formula is C28H30F3N3O4. The standard InChI is InChI=1S/C28H30F3N3O4/c1-16-12-18(24(34(37)38)15-22(16)30)4-2-6-26(35)32-28-9-3-5-25(28)33(11-10-28)27(36)20-14-19(20)17-7-8-21(29)23(31)13-17/h7-8,12-13,15,19-20,25H,2-6,9-11,14H2,1H3,(H,32,35)/t19?,20?,25-,28+/m0/s1. The van der Waals surface area contributed by atoms with E-state index in [4.69, 9.17) is 0 Å². The van der Waals surface area contributed by atoms with Crippen molar-refractivity contribution in [3.05, 3.63) is 74.6 Å². The molecule has 3 aliphatic rings. The van der Waals surface area contributed by atoms with Gasteiger partial charge in [0.25, 0.3) is 5.69 Å². The molecule has 3 fully saturated rings. The van der Waals surface area contributed by atoms with Crippen molar-refractivity contribution in [1.82, 2.24) is 10.2 Å². The maximum absolute atomic E-state index is 13.8. The molecule has 202 valence electrons. The van der Waals surface area contributed by atoms with Crippen LogP contribution in [0.4, 0.5) is 18.9 Å². The largest absolute Gasteiger partial charge is 0.349 e. The molecule has 2 aromatic carbocycles. The number of nitro groups is 1. The molecule has 2 amide bonds. The first-order valence-electron chi connectivity index (χ1n) is 13.1. The minimum Gasteiger partial charge on any atom is -0.349 e. The van der Waals surface area contributed by atoms with Gasteiger partial charge in [-0.2, -0.15) is 0 Å². The van der Waals surface area contributed by atoms with Crippen molar-refractivity contribution in [2.75, 3.05) is 6.54 Å². The van der Waals surface area contributed by atoms with Gasteiger partial charge in [0.1, 0.15) is 5.82 Å². The van der Waals surface area contributed by atoms with Crippen molar-refractivity contribution < 1.29 is 27.7 Å². The molecule has 5 rings (SSSR count). The quantitative estimate of drug-likeness (QED) is 0.381. The third kappa shape index (κ3) is 4.88. The summed E-state index contributed by atoms with van der Waals surface area (Å²) in [6, 6.07) is 6.07. The van der Waals surface area contributed by atoms with E-state index in [1.54, 1.807) is 6.92 Å². The molecule has 10 heteroatoms. The normalized spacial score (nSPS) is 25.8. The number of fused-ring (bicyclic) bond motifs is 1. The fraction of sp³-hybridized carbons (Fsp3) is 0.500. The third-order valence-electron chi connectivity index (χ3n) is 8.47. The molecule has 2 unspecified atom stereocenters. The van der Waals surface area contributed by atoms with E-state index in [9.17, 15) is 32.9 Å². The Kier molecular flexibility index (Phi) is 6.92. The van der Waals surface area contributed by atoms with E-state index in [0.717, 1.165) is 31.4 Å². The number of aryl methyl sites for hydroxylation is 2. The van der Waals surface area contributed by atoms with E-state index >= 15 is 0 Å². The molecule has 0 bridgehead atoms. The molecule has 0 radical (unpaired) electrons. The van der Waals surface area contributed by atoms with Gasteiger partial charge in [-0.1, -0.05) is 6.07 Å². The van der Waals surface area contributed by atoms with Gasteiger partial charge in [0.15, 0.2) is 11.6 Å². The van der Waals surface area contributed by atoms with Crippen LogP contribution in [0.25, 0.3) is 0 Å². The zero-order valence-corrected chi connectivity index (χ0v) is 21.1. The van der Waals surface area contributed by atoms with Gasteiger partial charge in [-0.05, 0) is 87.1 Å². The Morgan fingerprint density at radius 3 is 2.66 bits per heavy atom. The zero-order chi connectivity index (χ0) is 27.2. The van der Waals surface area contributed by atoms with E-state index in [2.05, 4.69) is 5.32 Å². The van der Waals surface area contributed by atoms with Gasteiger partial charge in [-0.15, -0.1) is 0 Å². The van der Waals surface area contributed by atoms with Crippen LogP contribution in [0.2, 0.25) is 0 Å². The van der Waals surface area contributed by atoms with Crippen molar-refractivity contribution in [1.29, 1.82) is 0 Å². The molecule has 1 heterocycles. The molecule has 0 aromatic heterocycles. The van der Waals surface area contributed by atoms with Crippen LogP contribution in [0.5, 0.6) is 0 Å². The highest BCUT2D eigenvalue weighted by Crippen LogP contribution is 2.51. The Morgan fingerprint density at radius 1 is 1.13 bits per heavy atom. The lowest BCUT2D eigenvalue weighted by Crippen LogP contribution is -2.54. The summed E-state index contributed by atoms with van der Waals surface area (Å²) in [6.45, 7) is 2.08. The number of nitrogens with one attached hydrogen (secondary N) is 1. The Bertz CT molecular complexity index is 1300. The monoisotopic (exact) mass is 529 g/mol. The summed E-state index contributed by atoms with van der Waals surface area (Å²) in [5, 5.41) is 14.5. The predicted molar refractivity (Wildman–Crippen MR) is 133 cm³/mol. The van der Waals surface area contributed by atoms with Crippen molar-refractivity contribution >= 4 is 17.5 Å². The molecule has 38 heavy (non-hydrogen) atoms. The Labute approximate surface area is 218 Å². The number of amides is 2. The van der Waals surface area contributed by atoms with Gasteiger partial charge in [0, 0.05) is 24.4 Å². The second-order valence-corrected chi connectivity index (χ2v) is 10.9. The molecule has 7 nitrogen and oxygen atoms in total. The molecular weight excluding hydrogens is 499 g/mol. The number of benzene rings is 2. The van der Waals surface area contributed by atoms with Crippen molar-refractivity contribution in [3.8, 4) is 0 Å². The third-order valence-corrected chi connectivity index (χ3v) is 8.47. The lowest BCUT2D eigenvalue weighted by molar-refractivity contribution is -0.385. The smallest absolute Gasteiger partial charge is 0.275 e. The maximum Gasteiger partial charge on any atom is 0.275 e. The number of carbonyl (C=O) groups is 2. The minimum absolute atomic E-state index is 0.00162. The first-order chi connectivity index (χ1) is 18.1. The van der Waals surface area contributed by atoms with Crippen molar-refractivity contribution in [3.63, 3.8) is 0 Å². The number of nitrogens with zero attached hydrogens (tertiary/aromatic N) is 2. The second kappa shape index (κ2) is 10.0. The highest BCUT2D eigenvalue weighted by molar-refractivity contribution is 5.84. The molecule has 2 saturated carbocycles. The summed E-state index contributed by atoms with van der Waals surface area (Å²) in [6.07, 6.45) is 4.51. The van der Waals surface area contributed by atoms with Crippen LogP contribution in [0.1, 0.15) is 67.6 Å². The molecule has 0 spiro atoms. The number of nitro benzene ring substituents is 1. The number of hydrogen-bond donors (Lipinski definition) is 1. The van der Waals surface area contributed by atoms with Gasteiger partial charge < -0.3 is 10.2 Å². The molecule has 1 saturated heterocycles. The summed E-state index contributed by atoms with van der Waals surface area (Å²) < 4.78 is 40.7. The van der Waals surface area contributed by atoms with E-state index < -0.39 is 27.9 Å². The maximum atomic E-state index is 13.8. The highest BCUT2D eigenvalue weighted by Gasteiger charge is 2.56. The molecule has 4 atom stereocenters. The average Bonchev–Trinajstić information content (AvgIpc) is 3.45. The van der Waals surface area contributed by atoms with Gasteiger partial charge >= 0.3 is 0 Å². The van der Waals surface area contributed by atoms with Crippen LogP contribution >= 0.6 is 0 Å². The molecule has 2 aliphatic carbocycles. The summed E-state index contributed by atoms with van der Waals surface area (Å²) in [7, 11) is 0. The summed E-state index contributed by atoms with van der Waals surface area (Å²) in [5.74, 6) is -3.00. The topological polar surface area (TPSA) is 92.6 Å². The second-order valence-electron chi connectivity index (χ2n) is 10.9. The van der Waals surface area contributed by atoms with Crippen LogP contribution in [0, 0.1) is 40.4 Å². The lowest BCUT2D eigenvalue weighted by atomic mass is 9.92. The van der Waals surface area contributed by atoms with Gasteiger partial charge in [-0.25, -0.2) is 13.2 Å². The number of halogens is 3. The summed E-state index contributed by atoms with van der Waals surface area (Å²) in [5.41, 5.74) is 0.577. The van der Waals surface area contributed by atoms with Crippen LogP contribution in [-0.2, 0) is 16.0 Å². The molecule has 1 N–H and O–H groups in total. The van der Waals surface area contributed by atoms with Crippen LogP contribution < -0.4 is 5.32 Å². The summed E-state index contributed by atoms with van der Waals surface area (Å²) in [4.78, 5) is 38.8. The fourth-order valence-corrected chi connectivity index (χ4v) is 6.42. The average molecular weight is 530 g/mol. The van der Waals surface area contributed by atoms with Crippen molar-refractivity contribution in [2.45, 2.75) is 75.8 Å². The molecule has 2 aromatic rings. The van der Waals surface area contributed by atoms with Gasteiger partial charge in [0.05, 0.1) is 22.6 Å². The fourth-order valence-electron chi connectivity index (χ4n) is 6.42. The lowest BCUT2D eigenvalue weighted by Gasteiger charge is -2.33. The Morgan fingerprint density at radius 2 is 1.92 bits per heavy atom. The zero-order valence-electron chi connectivity index (χ0n) is 21.1. The van der Waals surface area contributed by atoms with E-state index in [1.165, 1.54) is 18.2 Å².